The second-order valence-electron chi connectivity index (χ2n) is 6.40. The Morgan fingerprint density at radius 2 is 1.91 bits per heavy atom. The fourth-order valence-corrected chi connectivity index (χ4v) is 3.94. The number of benzene rings is 2. The maximum atomic E-state index is 12.8. The molecule has 8 nitrogen and oxygen atoms in total. The van der Waals surface area contributed by atoms with Crippen LogP contribution in [0.25, 0.3) is 10.9 Å². The normalized spacial score (nSPS) is 10.6. The number of methoxy groups -OCH3 is 1. The lowest BCUT2D eigenvalue weighted by Crippen LogP contribution is -2.42. The Labute approximate surface area is 197 Å². The summed E-state index contributed by atoms with van der Waals surface area (Å²) in [6, 6.07) is 9.36. The molecule has 2 amide bonds. The molecule has 1 aromatic heterocycles. The van der Waals surface area contributed by atoms with Crippen molar-refractivity contribution in [3.63, 3.8) is 0 Å². The van der Waals surface area contributed by atoms with E-state index in [1.54, 1.807) is 36.4 Å². The minimum Gasteiger partial charge on any atom is -0.496 e. The quantitative estimate of drug-likeness (QED) is 0.226. The van der Waals surface area contributed by atoms with Gasteiger partial charge in [-0.2, -0.15) is 0 Å². The van der Waals surface area contributed by atoms with Gasteiger partial charge in [0.2, 0.25) is 5.91 Å². The Morgan fingerprint density at radius 1 is 1.19 bits per heavy atom. The van der Waals surface area contributed by atoms with E-state index in [-0.39, 0.29) is 23.4 Å². The maximum Gasteiger partial charge on any atom is 0.273 e. The zero-order valence-corrected chi connectivity index (χ0v) is 19.2. The van der Waals surface area contributed by atoms with Crippen LogP contribution >= 0.6 is 35.0 Å². The summed E-state index contributed by atoms with van der Waals surface area (Å²) in [5.41, 5.74) is 4.96. The Bertz CT molecular complexity index is 1260. The van der Waals surface area contributed by atoms with E-state index in [0.29, 0.717) is 31.9 Å². The van der Waals surface area contributed by atoms with Crippen LogP contribution in [0.15, 0.2) is 59.0 Å². The van der Waals surface area contributed by atoms with E-state index in [9.17, 15) is 14.4 Å². The molecule has 0 aliphatic carbocycles. The van der Waals surface area contributed by atoms with Crippen molar-refractivity contribution >= 4 is 57.7 Å². The lowest BCUT2D eigenvalue weighted by molar-refractivity contribution is -0.119. The first-order valence-corrected chi connectivity index (χ1v) is 10.9. The largest absolute Gasteiger partial charge is 0.496 e. The summed E-state index contributed by atoms with van der Waals surface area (Å²) in [6.45, 7) is 3.88. The number of hydrogen-bond acceptors (Lipinski definition) is 6. The van der Waals surface area contributed by atoms with Crippen LogP contribution in [0, 0.1) is 0 Å². The predicted molar refractivity (Wildman–Crippen MR) is 126 cm³/mol. The fourth-order valence-electron chi connectivity index (χ4n) is 2.79. The van der Waals surface area contributed by atoms with Gasteiger partial charge in [-0.05, 0) is 36.4 Å². The summed E-state index contributed by atoms with van der Waals surface area (Å²) < 4.78 is 6.54. The minimum absolute atomic E-state index is 0.109. The van der Waals surface area contributed by atoms with Crippen LogP contribution in [0.4, 0.5) is 0 Å². The first kappa shape index (κ1) is 23.6. The molecule has 0 bridgehead atoms. The van der Waals surface area contributed by atoms with Crippen molar-refractivity contribution in [2.24, 2.45) is 0 Å². The van der Waals surface area contributed by atoms with Gasteiger partial charge in [-0.3, -0.25) is 29.8 Å². The average molecular weight is 493 g/mol. The van der Waals surface area contributed by atoms with Crippen molar-refractivity contribution in [2.75, 3.05) is 12.9 Å². The minimum atomic E-state index is -0.593. The monoisotopic (exact) mass is 492 g/mol. The van der Waals surface area contributed by atoms with Gasteiger partial charge in [0.15, 0.2) is 5.16 Å². The number of hydrazine groups is 1. The summed E-state index contributed by atoms with van der Waals surface area (Å²) in [5, 5.41) is 1.52. The molecule has 3 rings (SSSR count). The fraction of sp³-hybridized carbons (Fsp3) is 0.143. The number of nitrogens with zero attached hydrogens (tertiary/aromatic N) is 2. The number of thioether (sulfide) groups is 1. The van der Waals surface area contributed by atoms with E-state index >= 15 is 0 Å². The molecule has 0 aliphatic rings. The van der Waals surface area contributed by atoms with E-state index in [4.69, 9.17) is 27.9 Å². The van der Waals surface area contributed by atoms with Crippen molar-refractivity contribution in [3.8, 4) is 5.75 Å². The molecule has 0 unspecified atom stereocenters. The Kier molecular flexibility index (Phi) is 7.79. The van der Waals surface area contributed by atoms with Gasteiger partial charge in [-0.1, -0.05) is 41.0 Å². The molecule has 2 aromatic carbocycles. The highest BCUT2D eigenvalue weighted by Gasteiger charge is 2.16. The molecule has 0 fully saturated rings. The third-order valence-electron chi connectivity index (χ3n) is 4.25. The molecule has 0 aliphatic heterocycles. The number of allylic oxidation sites excluding steroid dienone is 1. The summed E-state index contributed by atoms with van der Waals surface area (Å²) in [7, 11) is 1.42. The van der Waals surface area contributed by atoms with Gasteiger partial charge < -0.3 is 4.74 Å². The molecule has 2 N–H and O–H groups in total. The number of carbonyl (C=O) groups excluding carboxylic acids is 2. The topological polar surface area (TPSA) is 102 Å². The molecule has 1 heterocycles. The predicted octanol–water partition coefficient (Wildman–Crippen LogP) is 3.45. The second-order valence-corrected chi connectivity index (χ2v) is 8.21. The Hall–Kier alpha value is -3.01. The zero-order valence-electron chi connectivity index (χ0n) is 16.9. The number of nitrogens with one attached hydrogen (secondary N) is 2. The Balaban J connectivity index is 1.71. The summed E-state index contributed by atoms with van der Waals surface area (Å²) in [5.74, 6) is -0.898. The molecule has 0 saturated carbocycles. The van der Waals surface area contributed by atoms with Gasteiger partial charge in [-0.15, -0.1) is 6.58 Å². The molecule has 0 saturated heterocycles. The smallest absolute Gasteiger partial charge is 0.273 e. The third-order valence-corrected chi connectivity index (χ3v) is 5.69. The number of halogens is 2. The zero-order chi connectivity index (χ0) is 23.3. The number of hydrogen-bond donors (Lipinski definition) is 2. The first-order chi connectivity index (χ1) is 15.3. The number of carbonyl (C=O) groups is 2. The van der Waals surface area contributed by atoms with E-state index in [2.05, 4.69) is 22.4 Å². The van der Waals surface area contributed by atoms with Gasteiger partial charge in [0.1, 0.15) is 5.75 Å². The van der Waals surface area contributed by atoms with Crippen LogP contribution in [-0.4, -0.2) is 34.2 Å². The van der Waals surface area contributed by atoms with Crippen LogP contribution in [0.1, 0.15) is 10.4 Å². The maximum absolute atomic E-state index is 12.8. The highest BCUT2D eigenvalue weighted by molar-refractivity contribution is 7.99. The molecular formula is C21H18Cl2N4O4S. The summed E-state index contributed by atoms with van der Waals surface area (Å²) in [4.78, 5) is 41.9. The molecule has 0 atom stereocenters. The van der Waals surface area contributed by atoms with Crippen LogP contribution in [0.5, 0.6) is 5.75 Å². The van der Waals surface area contributed by atoms with E-state index in [1.807, 2.05) is 0 Å². The molecular weight excluding hydrogens is 475 g/mol. The van der Waals surface area contributed by atoms with Gasteiger partial charge in [0.25, 0.3) is 11.5 Å². The molecule has 32 heavy (non-hydrogen) atoms. The lowest BCUT2D eigenvalue weighted by Gasteiger charge is -2.12. The Morgan fingerprint density at radius 3 is 2.62 bits per heavy atom. The van der Waals surface area contributed by atoms with Crippen LogP contribution < -0.4 is 21.1 Å². The van der Waals surface area contributed by atoms with Gasteiger partial charge in [0.05, 0.1) is 29.3 Å². The number of amides is 2. The van der Waals surface area contributed by atoms with Gasteiger partial charge in [-0.25, -0.2) is 4.98 Å². The van der Waals surface area contributed by atoms with Gasteiger partial charge >= 0.3 is 0 Å². The summed E-state index contributed by atoms with van der Waals surface area (Å²) in [6.07, 6.45) is 1.56. The van der Waals surface area contributed by atoms with Crippen LogP contribution in [0.3, 0.4) is 0 Å². The van der Waals surface area contributed by atoms with E-state index in [0.717, 1.165) is 11.8 Å². The highest BCUT2D eigenvalue weighted by atomic mass is 35.5. The summed E-state index contributed by atoms with van der Waals surface area (Å²) >= 11 is 13.0. The molecule has 0 spiro atoms. The van der Waals surface area contributed by atoms with Crippen molar-refractivity contribution in [1.82, 2.24) is 20.4 Å². The van der Waals surface area contributed by atoms with Crippen molar-refractivity contribution in [3.05, 3.63) is 75.0 Å². The SMILES string of the molecule is C=CCn1c(SCC(=O)NNC(=O)c2cc(Cl)ccc2OC)nc2cc(Cl)ccc2c1=O. The van der Waals surface area contributed by atoms with E-state index in [1.165, 1.54) is 17.7 Å². The third kappa shape index (κ3) is 5.42. The standard InChI is InChI=1S/C21H18Cl2N4O4S/c1-3-8-27-20(30)14-6-4-13(23)10-16(14)24-21(27)32-11-18(28)25-26-19(29)15-9-12(22)5-7-17(15)31-2/h3-7,9-10H,1,8,11H2,2H3,(H,25,28)(H,26,29). The highest BCUT2D eigenvalue weighted by Crippen LogP contribution is 2.23. The number of rotatable bonds is 7. The molecule has 0 radical (unpaired) electrons. The molecule has 11 heteroatoms. The first-order valence-electron chi connectivity index (χ1n) is 9.20. The second kappa shape index (κ2) is 10.5. The van der Waals surface area contributed by atoms with Crippen molar-refractivity contribution in [1.29, 1.82) is 0 Å². The molecule has 166 valence electrons. The number of ether oxygens (including phenoxy) is 1. The van der Waals surface area contributed by atoms with Crippen molar-refractivity contribution < 1.29 is 14.3 Å². The van der Waals surface area contributed by atoms with Crippen molar-refractivity contribution in [2.45, 2.75) is 11.7 Å². The lowest BCUT2D eigenvalue weighted by atomic mass is 10.2. The number of aromatic nitrogens is 2. The number of fused-ring (bicyclic) bond motifs is 1. The van der Waals surface area contributed by atoms with Crippen LogP contribution in [-0.2, 0) is 11.3 Å². The van der Waals surface area contributed by atoms with Crippen LogP contribution in [0.2, 0.25) is 10.0 Å². The molecule has 3 aromatic rings. The van der Waals surface area contributed by atoms with E-state index < -0.39 is 11.8 Å². The van der Waals surface area contributed by atoms with Gasteiger partial charge in [0, 0.05) is 16.6 Å². The average Bonchev–Trinajstić information content (AvgIpc) is 2.78.